The van der Waals surface area contributed by atoms with E-state index in [0.717, 1.165) is 28.6 Å². The van der Waals surface area contributed by atoms with Crippen molar-refractivity contribution in [2.24, 2.45) is 5.73 Å². The number of fused-ring (bicyclic) bond motifs is 1. The maximum absolute atomic E-state index is 12.9. The van der Waals surface area contributed by atoms with Gasteiger partial charge in [-0.05, 0) is 42.8 Å². The van der Waals surface area contributed by atoms with Crippen molar-refractivity contribution in [3.63, 3.8) is 0 Å². The van der Waals surface area contributed by atoms with Gasteiger partial charge in [-0.25, -0.2) is 4.68 Å². The lowest BCUT2D eigenvalue weighted by Crippen LogP contribution is -2.44. The molecule has 0 aliphatic heterocycles. The van der Waals surface area contributed by atoms with Gasteiger partial charge >= 0.3 is 12.3 Å². The van der Waals surface area contributed by atoms with E-state index in [1.807, 2.05) is 0 Å². The van der Waals surface area contributed by atoms with Gasteiger partial charge in [0.05, 0.1) is 17.5 Å². The quantitative estimate of drug-likeness (QED) is 0.246. The highest BCUT2D eigenvalue weighted by Crippen LogP contribution is 2.24. The second-order valence-corrected chi connectivity index (χ2v) is 9.26. The Morgan fingerprint density at radius 3 is 2.51 bits per heavy atom. The first-order chi connectivity index (χ1) is 18.3. The topological polar surface area (TPSA) is 179 Å². The first kappa shape index (κ1) is 29.4. The van der Waals surface area contributed by atoms with Gasteiger partial charge < -0.3 is 26.2 Å². The lowest BCUT2D eigenvalue weighted by atomic mass is 10.1. The zero-order chi connectivity index (χ0) is 28.7. The van der Waals surface area contributed by atoms with Gasteiger partial charge in [-0.3, -0.25) is 19.2 Å². The molecule has 0 aliphatic rings. The summed E-state index contributed by atoms with van der Waals surface area (Å²) in [7, 11) is 0. The summed E-state index contributed by atoms with van der Waals surface area (Å²) in [5, 5.41) is 21.3. The molecule has 0 spiro atoms. The Hall–Kier alpha value is -4.18. The third-order valence-electron chi connectivity index (χ3n) is 5.16. The summed E-state index contributed by atoms with van der Waals surface area (Å²) in [6, 6.07) is 8.10. The lowest BCUT2D eigenvalue weighted by molar-refractivity contribution is -0.274. The third-order valence-corrected chi connectivity index (χ3v) is 6.27. The highest BCUT2D eigenvalue weighted by molar-refractivity contribution is 7.99. The van der Waals surface area contributed by atoms with Gasteiger partial charge in [-0.2, -0.15) is 0 Å². The number of alkyl halides is 3. The van der Waals surface area contributed by atoms with E-state index in [1.165, 1.54) is 18.2 Å². The van der Waals surface area contributed by atoms with Gasteiger partial charge in [0.25, 0.3) is 5.56 Å². The lowest BCUT2D eigenvalue weighted by Gasteiger charge is -2.15. The van der Waals surface area contributed by atoms with Gasteiger partial charge in [0.15, 0.2) is 0 Å². The van der Waals surface area contributed by atoms with Crippen molar-refractivity contribution >= 4 is 40.4 Å². The van der Waals surface area contributed by atoms with E-state index < -0.39 is 60.6 Å². The van der Waals surface area contributed by atoms with Crippen molar-refractivity contribution in [1.29, 1.82) is 0 Å². The number of thioether (sulfide) groups is 1. The van der Waals surface area contributed by atoms with Crippen LogP contribution >= 0.6 is 11.8 Å². The molecular weight excluding hydrogens is 545 g/mol. The van der Waals surface area contributed by atoms with Crippen LogP contribution in [0.3, 0.4) is 0 Å². The van der Waals surface area contributed by atoms with Crippen LogP contribution in [0, 0.1) is 0 Å². The molecule has 2 atom stereocenters. The maximum atomic E-state index is 12.9. The van der Waals surface area contributed by atoms with Gasteiger partial charge in [0.1, 0.15) is 24.4 Å². The van der Waals surface area contributed by atoms with Crippen molar-refractivity contribution < 1.29 is 37.4 Å². The Morgan fingerprint density at radius 1 is 1.18 bits per heavy atom. The van der Waals surface area contributed by atoms with Gasteiger partial charge in [0, 0.05) is 10.6 Å². The first-order valence-electron chi connectivity index (χ1n) is 11.2. The number of nitrogens with one attached hydrogen (secondary N) is 2. The molecule has 0 bridgehead atoms. The van der Waals surface area contributed by atoms with Crippen LogP contribution in [-0.2, 0) is 20.9 Å². The number of nitrogens with zero attached hydrogens (tertiary/aromatic N) is 3. The van der Waals surface area contributed by atoms with Gasteiger partial charge in [-0.15, -0.1) is 30.0 Å². The summed E-state index contributed by atoms with van der Waals surface area (Å²) < 4.78 is 41.7. The molecule has 0 aliphatic carbocycles. The van der Waals surface area contributed by atoms with Crippen LogP contribution < -0.4 is 26.7 Å². The van der Waals surface area contributed by atoms with Crippen LogP contribution in [0.4, 0.5) is 13.2 Å². The monoisotopic (exact) mass is 568 g/mol. The van der Waals surface area contributed by atoms with Crippen molar-refractivity contribution in [1.82, 2.24) is 25.6 Å². The molecule has 1 unspecified atom stereocenters. The van der Waals surface area contributed by atoms with E-state index in [1.54, 1.807) is 19.1 Å². The smallest absolute Gasteiger partial charge is 0.480 e. The average molecular weight is 569 g/mol. The van der Waals surface area contributed by atoms with Crippen LogP contribution in [-0.4, -0.2) is 62.6 Å². The molecule has 2 amide bonds. The minimum absolute atomic E-state index is 0.104. The number of ether oxygens (including phenoxy) is 1. The van der Waals surface area contributed by atoms with Crippen molar-refractivity contribution in [2.75, 3.05) is 12.3 Å². The van der Waals surface area contributed by atoms with E-state index in [2.05, 4.69) is 25.7 Å². The van der Waals surface area contributed by atoms with Crippen molar-refractivity contribution in [2.45, 2.75) is 36.8 Å². The molecule has 39 heavy (non-hydrogen) atoms. The molecular formula is C23H23F3N6O6S. The zero-order valence-corrected chi connectivity index (χ0v) is 21.1. The number of benzene rings is 2. The second-order valence-electron chi connectivity index (χ2n) is 8.17. The van der Waals surface area contributed by atoms with E-state index in [0.29, 0.717) is 10.5 Å². The Morgan fingerprint density at radius 2 is 1.87 bits per heavy atom. The Labute approximate surface area is 222 Å². The number of carboxylic acid groups (broad SMARTS) is 1. The molecule has 0 radical (unpaired) electrons. The fraction of sp³-hybridized carbons (Fsp3) is 0.304. The molecule has 12 nitrogen and oxygen atoms in total. The summed E-state index contributed by atoms with van der Waals surface area (Å²) in [4.78, 5) is 48.5. The predicted octanol–water partition coefficient (Wildman–Crippen LogP) is 1.19. The first-order valence-corrected chi connectivity index (χ1v) is 12.2. The fourth-order valence-corrected chi connectivity index (χ4v) is 4.16. The van der Waals surface area contributed by atoms with E-state index in [4.69, 9.17) is 10.8 Å². The summed E-state index contributed by atoms with van der Waals surface area (Å²) in [5.41, 5.74) is 5.96. The highest BCUT2D eigenvalue weighted by Gasteiger charge is 2.31. The Bertz CT molecular complexity index is 1420. The molecule has 208 valence electrons. The molecule has 2 aromatic carbocycles. The van der Waals surface area contributed by atoms with Gasteiger partial charge in [0.2, 0.25) is 11.8 Å². The molecule has 0 fully saturated rings. The van der Waals surface area contributed by atoms with Crippen LogP contribution in [0.5, 0.6) is 5.75 Å². The van der Waals surface area contributed by atoms with E-state index >= 15 is 0 Å². The second kappa shape index (κ2) is 12.6. The molecule has 0 saturated carbocycles. The van der Waals surface area contributed by atoms with Crippen molar-refractivity contribution in [3.8, 4) is 5.75 Å². The van der Waals surface area contributed by atoms with E-state index in [-0.39, 0.29) is 16.7 Å². The predicted molar refractivity (Wildman–Crippen MR) is 133 cm³/mol. The zero-order valence-electron chi connectivity index (χ0n) is 20.3. The summed E-state index contributed by atoms with van der Waals surface area (Å²) >= 11 is 1.16. The van der Waals surface area contributed by atoms with Crippen LogP contribution in [0.15, 0.2) is 52.2 Å². The molecule has 5 N–H and O–H groups in total. The van der Waals surface area contributed by atoms with Crippen LogP contribution in [0.25, 0.3) is 10.9 Å². The molecule has 1 aromatic heterocycles. The number of nitrogens with two attached hydrogens (primary N) is 1. The van der Waals surface area contributed by atoms with Crippen LogP contribution in [0.2, 0.25) is 0 Å². The minimum atomic E-state index is -4.82. The molecule has 3 aromatic rings. The average Bonchev–Trinajstić information content (AvgIpc) is 2.87. The number of carboxylic acids is 1. The van der Waals surface area contributed by atoms with E-state index in [9.17, 15) is 32.3 Å². The number of rotatable bonds is 11. The molecule has 16 heteroatoms. The maximum Gasteiger partial charge on any atom is 0.573 e. The Kier molecular flexibility index (Phi) is 9.47. The number of carbonyl (C=O) groups is 3. The Balaban J connectivity index is 1.63. The SMILES string of the molecule is C[C@H](NC(=O)Cn1nnc2ccc(SCC(N)C(=O)NCC(=O)O)cc2c1=O)c1ccc(OC(F)(F)F)cc1. The molecule has 1 heterocycles. The minimum Gasteiger partial charge on any atom is -0.480 e. The number of aromatic nitrogens is 3. The number of hydrogen-bond acceptors (Lipinski definition) is 9. The standard InChI is InChI=1S/C23H23F3N6O6S/c1-12(13-2-4-14(5-3-13)38-23(24,25)26)29-19(33)10-32-22(37)16-8-15(6-7-18(16)30-31-32)39-11-17(27)21(36)28-9-20(34)35/h2-8,12,17H,9-11,27H2,1H3,(H,28,36)(H,29,33)(H,34,35)/t12-,17?/m0/s1. The van der Waals surface area contributed by atoms with Crippen LogP contribution in [0.1, 0.15) is 18.5 Å². The number of halogens is 3. The fourth-order valence-electron chi connectivity index (χ4n) is 3.27. The van der Waals surface area contributed by atoms with Crippen molar-refractivity contribution in [3.05, 3.63) is 58.4 Å². The third kappa shape index (κ3) is 8.68. The summed E-state index contributed by atoms with van der Waals surface area (Å²) in [5.74, 6) is -2.72. The molecule has 3 rings (SSSR count). The number of carbonyl (C=O) groups excluding carboxylic acids is 2. The normalized spacial score (nSPS) is 12.9. The summed E-state index contributed by atoms with van der Waals surface area (Å²) in [6.45, 7) is 0.594. The highest BCUT2D eigenvalue weighted by atomic mass is 32.2. The number of hydrogen-bond donors (Lipinski definition) is 4. The number of aliphatic carboxylic acids is 1. The largest absolute Gasteiger partial charge is 0.573 e. The number of amides is 2. The van der Waals surface area contributed by atoms with Gasteiger partial charge in [-0.1, -0.05) is 17.3 Å². The molecule has 0 saturated heterocycles. The summed E-state index contributed by atoms with van der Waals surface area (Å²) in [6.07, 6.45) is -4.82.